The molecule has 6 heteroatoms. The van der Waals surface area contributed by atoms with Gasteiger partial charge in [-0.2, -0.15) is 0 Å². The molecule has 1 atom stereocenters. The average Bonchev–Trinajstić information content (AvgIpc) is 2.40. The van der Waals surface area contributed by atoms with E-state index in [-0.39, 0.29) is 18.6 Å². The molecule has 0 aliphatic carbocycles. The smallest absolute Gasteiger partial charge is 0.258 e. The standard InChI is InChI=1S/C14H21BrN2O3/c1-10(8-19-2)17-14(18)9-20-12-3-4-13(15)11(7-12)5-6-16/h3-4,7,10H,5-6,8-9,16H2,1-2H3,(H,17,18). The zero-order valence-electron chi connectivity index (χ0n) is 11.8. The zero-order chi connectivity index (χ0) is 15.0. The molecule has 1 aromatic rings. The van der Waals surface area contributed by atoms with Crippen molar-refractivity contribution < 1.29 is 14.3 Å². The lowest BCUT2D eigenvalue weighted by atomic mass is 10.1. The molecule has 0 aromatic heterocycles. The van der Waals surface area contributed by atoms with E-state index in [1.807, 2.05) is 25.1 Å². The van der Waals surface area contributed by atoms with Gasteiger partial charge in [0, 0.05) is 17.6 Å². The summed E-state index contributed by atoms with van der Waals surface area (Å²) in [5, 5.41) is 2.78. The van der Waals surface area contributed by atoms with Gasteiger partial charge in [-0.05, 0) is 43.7 Å². The van der Waals surface area contributed by atoms with Crippen molar-refractivity contribution in [2.24, 2.45) is 5.73 Å². The normalized spacial score (nSPS) is 12.0. The van der Waals surface area contributed by atoms with Crippen molar-refractivity contribution in [2.75, 3.05) is 26.9 Å². The van der Waals surface area contributed by atoms with E-state index in [0.717, 1.165) is 16.5 Å². The first kappa shape index (κ1) is 16.9. The molecule has 0 aliphatic rings. The second kappa shape index (κ2) is 8.94. The Morgan fingerprint density at radius 3 is 2.90 bits per heavy atom. The Bertz CT molecular complexity index is 440. The number of ether oxygens (including phenoxy) is 2. The number of carbonyl (C=O) groups excluding carboxylic acids is 1. The molecule has 3 N–H and O–H groups in total. The fourth-order valence-corrected chi connectivity index (χ4v) is 2.19. The number of carbonyl (C=O) groups is 1. The number of hydrogen-bond donors (Lipinski definition) is 2. The molecule has 0 radical (unpaired) electrons. The summed E-state index contributed by atoms with van der Waals surface area (Å²) in [6.07, 6.45) is 0.759. The molecule has 0 heterocycles. The van der Waals surface area contributed by atoms with Gasteiger partial charge in [-0.15, -0.1) is 0 Å². The van der Waals surface area contributed by atoms with E-state index in [4.69, 9.17) is 15.2 Å². The second-order valence-corrected chi connectivity index (χ2v) is 5.36. The van der Waals surface area contributed by atoms with Crippen LogP contribution >= 0.6 is 15.9 Å². The summed E-state index contributed by atoms with van der Waals surface area (Å²) in [6.45, 7) is 2.90. The maximum Gasteiger partial charge on any atom is 0.258 e. The highest BCUT2D eigenvalue weighted by Gasteiger charge is 2.08. The topological polar surface area (TPSA) is 73.6 Å². The van der Waals surface area contributed by atoms with Crippen LogP contribution in [0.3, 0.4) is 0 Å². The van der Waals surface area contributed by atoms with Gasteiger partial charge in [0.05, 0.1) is 6.61 Å². The van der Waals surface area contributed by atoms with E-state index in [2.05, 4.69) is 21.2 Å². The van der Waals surface area contributed by atoms with E-state index >= 15 is 0 Å². The monoisotopic (exact) mass is 344 g/mol. The lowest BCUT2D eigenvalue weighted by Gasteiger charge is -2.13. The molecule has 0 bridgehead atoms. The quantitative estimate of drug-likeness (QED) is 0.749. The Labute approximate surface area is 127 Å². The van der Waals surface area contributed by atoms with Crippen LogP contribution < -0.4 is 15.8 Å². The zero-order valence-corrected chi connectivity index (χ0v) is 13.4. The van der Waals surface area contributed by atoms with Crippen LogP contribution in [0.4, 0.5) is 0 Å². The van der Waals surface area contributed by atoms with Gasteiger partial charge in [-0.25, -0.2) is 0 Å². The Morgan fingerprint density at radius 2 is 2.25 bits per heavy atom. The molecule has 0 fully saturated rings. The van der Waals surface area contributed by atoms with Crippen LogP contribution in [0.1, 0.15) is 12.5 Å². The molecule has 0 saturated carbocycles. The SMILES string of the molecule is COCC(C)NC(=O)COc1ccc(Br)c(CCN)c1. The number of methoxy groups -OCH3 is 1. The van der Waals surface area contributed by atoms with E-state index in [0.29, 0.717) is 18.9 Å². The van der Waals surface area contributed by atoms with Crippen molar-refractivity contribution in [3.8, 4) is 5.75 Å². The van der Waals surface area contributed by atoms with Crippen LogP contribution in [0.25, 0.3) is 0 Å². The van der Waals surface area contributed by atoms with Crippen LogP contribution in [0.2, 0.25) is 0 Å². The van der Waals surface area contributed by atoms with Crippen LogP contribution in [-0.2, 0) is 16.0 Å². The summed E-state index contributed by atoms with van der Waals surface area (Å²) in [5.74, 6) is 0.490. The van der Waals surface area contributed by atoms with Crippen LogP contribution in [-0.4, -0.2) is 38.8 Å². The molecule has 5 nitrogen and oxygen atoms in total. The summed E-state index contributed by atoms with van der Waals surface area (Å²) in [6, 6.07) is 5.57. The van der Waals surface area contributed by atoms with Gasteiger partial charge < -0.3 is 20.5 Å². The van der Waals surface area contributed by atoms with Crippen molar-refractivity contribution in [3.05, 3.63) is 28.2 Å². The number of nitrogens with one attached hydrogen (secondary N) is 1. The molecule has 0 saturated heterocycles. The summed E-state index contributed by atoms with van der Waals surface area (Å²) in [7, 11) is 1.60. The van der Waals surface area contributed by atoms with E-state index < -0.39 is 0 Å². The second-order valence-electron chi connectivity index (χ2n) is 4.50. The van der Waals surface area contributed by atoms with Gasteiger partial charge in [0.2, 0.25) is 0 Å². The first-order valence-electron chi connectivity index (χ1n) is 6.46. The first-order chi connectivity index (χ1) is 9.56. The van der Waals surface area contributed by atoms with Gasteiger partial charge in [-0.3, -0.25) is 4.79 Å². The highest BCUT2D eigenvalue weighted by atomic mass is 79.9. The van der Waals surface area contributed by atoms with Crippen LogP contribution in [0.5, 0.6) is 5.75 Å². The number of benzene rings is 1. The van der Waals surface area contributed by atoms with Crippen molar-refractivity contribution in [1.29, 1.82) is 0 Å². The minimum atomic E-state index is -0.169. The number of nitrogens with two attached hydrogens (primary N) is 1. The van der Waals surface area contributed by atoms with E-state index in [1.165, 1.54) is 0 Å². The van der Waals surface area contributed by atoms with E-state index in [9.17, 15) is 4.79 Å². The predicted molar refractivity (Wildman–Crippen MR) is 81.9 cm³/mol. The summed E-state index contributed by atoms with van der Waals surface area (Å²) >= 11 is 3.46. The predicted octanol–water partition coefficient (Wildman–Crippen LogP) is 1.48. The Balaban J connectivity index is 2.49. The number of amides is 1. The van der Waals surface area contributed by atoms with Gasteiger partial charge in [0.25, 0.3) is 5.91 Å². The van der Waals surface area contributed by atoms with Gasteiger partial charge in [-0.1, -0.05) is 15.9 Å². The largest absolute Gasteiger partial charge is 0.484 e. The van der Waals surface area contributed by atoms with Crippen LogP contribution in [0, 0.1) is 0 Å². The molecule has 0 spiro atoms. The molecular weight excluding hydrogens is 324 g/mol. The van der Waals surface area contributed by atoms with E-state index in [1.54, 1.807) is 7.11 Å². The third kappa shape index (κ3) is 5.90. The molecule has 112 valence electrons. The number of halogens is 1. The Morgan fingerprint density at radius 1 is 1.50 bits per heavy atom. The molecule has 1 aromatic carbocycles. The average molecular weight is 345 g/mol. The summed E-state index contributed by atoms with van der Waals surface area (Å²) in [5.41, 5.74) is 6.62. The molecule has 20 heavy (non-hydrogen) atoms. The minimum Gasteiger partial charge on any atom is -0.484 e. The van der Waals surface area contributed by atoms with Gasteiger partial charge in [0.15, 0.2) is 6.61 Å². The van der Waals surface area contributed by atoms with Gasteiger partial charge in [0.1, 0.15) is 5.75 Å². The first-order valence-corrected chi connectivity index (χ1v) is 7.25. The summed E-state index contributed by atoms with van der Waals surface area (Å²) < 4.78 is 11.4. The van der Waals surface area contributed by atoms with Gasteiger partial charge >= 0.3 is 0 Å². The number of hydrogen-bond acceptors (Lipinski definition) is 4. The summed E-state index contributed by atoms with van der Waals surface area (Å²) in [4.78, 5) is 11.7. The van der Waals surface area contributed by atoms with Crippen molar-refractivity contribution >= 4 is 21.8 Å². The maximum absolute atomic E-state index is 11.7. The molecule has 1 amide bonds. The van der Waals surface area contributed by atoms with Crippen LogP contribution in [0.15, 0.2) is 22.7 Å². The van der Waals surface area contributed by atoms with Crippen molar-refractivity contribution in [2.45, 2.75) is 19.4 Å². The highest BCUT2D eigenvalue weighted by Crippen LogP contribution is 2.22. The molecule has 0 aliphatic heterocycles. The third-order valence-corrected chi connectivity index (χ3v) is 3.40. The van der Waals surface area contributed by atoms with Crippen molar-refractivity contribution in [1.82, 2.24) is 5.32 Å². The molecule has 1 unspecified atom stereocenters. The lowest BCUT2D eigenvalue weighted by Crippen LogP contribution is -2.38. The fraction of sp³-hybridized carbons (Fsp3) is 0.500. The highest BCUT2D eigenvalue weighted by molar-refractivity contribution is 9.10. The molecular formula is C14H21BrN2O3. The maximum atomic E-state index is 11.7. The lowest BCUT2D eigenvalue weighted by molar-refractivity contribution is -0.124. The Hall–Kier alpha value is -1.11. The van der Waals surface area contributed by atoms with Crippen molar-refractivity contribution in [3.63, 3.8) is 0 Å². The Kier molecular flexibility index (Phi) is 7.58. The minimum absolute atomic E-state index is 0.0161. The number of rotatable bonds is 8. The molecule has 1 rings (SSSR count). The fourth-order valence-electron chi connectivity index (χ4n) is 1.75. The third-order valence-electron chi connectivity index (χ3n) is 2.62.